The lowest BCUT2D eigenvalue weighted by Gasteiger charge is -2.41. The van der Waals surface area contributed by atoms with E-state index < -0.39 is 17.2 Å². The highest BCUT2D eigenvalue weighted by Crippen LogP contribution is 2.30. The molecule has 1 saturated heterocycles. The predicted octanol–water partition coefficient (Wildman–Crippen LogP) is 2.52. The maximum absolute atomic E-state index is 13.9. The van der Waals surface area contributed by atoms with Crippen molar-refractivity contribution in [3.8, 4) is 0 Å². The van der Waals surface area contributed by atoms with E-state index in [-0.39, 0.29) is 30.1 Å². The molecule has 2 N–H and O–H groups in total. The number of aryl methyl sites for hydroxylation is 1. The molecule has 1 heterocycles. The zero-order valence-corrected chi connectivity index (χ0v) is 14.7. The van der Waals surface area contributed by atoms with E-state index in [1.165, 1.54) is 25.5 Å². The molecule has 1 aromatic carbocycles. The van der Waals surface area contributed by atoms with Gasteiger partial charge >= 0.3 is 0 Å². The Kier molecular flexibility index (Phi) is 5.39. The van der Waals surface area contributed by atoms with Crippen molar-refractivity contribution in [3.63, 3.8) is 0 Å². The van der Waals surface area contributed by atoms with Crippen LogP contribution < -0.4 is 5.32 Å². The number of halogens is 2. The molecule has 1 aliphatic carbocycles. The first-order chi connectivity index (χ1) is 11.9. The maximum Gasteiger partial charge on any atom is 0.255 e. The molecule has 2 aliphatic rings. The number of carbonyl (C=O) groups excluding carboxylic acids is 1. The largest absolute Gasteiger partial charge is 0.379 e. The second kappa shape index (κ2) is 7.38. The average molecular weight is 352 g/mol. The summed E-state index contributed by atoms with van der Waals surface area (Å²) in [5.41, 5.74) is -1.00. The molecule has 25 heavy (non-hydrogen) atoms. The molecule has 4 nitrogen and oxygen atoms in total. The highest BCUT2D eigenvalue weighted by Gasteiger charge is 2.42. The third kappa shape index (κ3) is 3.85. The van der Waals surface area contributed by atoms with E-state index in [1.807, 2.05) is 0 Å². The first kappa shape index (κ1) is 18.3. The minimum absolute atomic E-state index is 0.0436. The number of aliphatic hydroxyl groups is 1. The van der Waals surface area contributed by atoms with Gasteiger partial charge < -0.3 is 15.3 Å². The summed E-state index contributed by atoms with van der Waals surface area (Å²) in [6.45, 7) is 3.04. The Labute approximate surface area is 147 Å². The van der Waals surface area contributed by atoms with Crippen LogP contribution in [-0.2, 0) is 11.3 Å². The van der Waals surface area contributed by atoms with Crippen molar-refractivity contribution in [2.75, 3.05) is 19.6 Å². The van der Waals surface area contributed by atoms with Crippen LogP contribution >= 0.6 is 0 Å². The van der Waals surface area contributed by atoms with Crippen LogP contribution in [-0.4, -0.2) is 41.1 Å². The monoisotopic (exact) mass is 352 g/mol. The summed E-state index contributed by atoms with van der Waals surface area (Å²) in [5, 5.41) is 13.7. The molecule has 1 atom stereocenters. The van der Waals surface area contributed by atoms with Crippen LogP contribution in [0, 0.1) is 24.5 Å². The molecule has 2 fully saturated rings. The van der Waals surface area contributed by atoms with Gasteiger partial charge in [-0.2, -0.15) is 0 Å². The fourth-order valence-corrected chi connectivity index (χ4v) is 3.62. The summed E-state index contributed by atoms with van der Waals surface area (Å²) in [6, 6.07) is 3.05. The number of benzene rings is 1. The summed E-state index contributed by atoms with van der Waals surface area (Å²) in [4.78, 5) is 14.4. The highest BCUT2D eigenvalue weighted by molar-refractivity contribution is 5.86. The van der Waals surface area contributed by atoms with Crippen molar-refractivity contribution in [1.29, 1.82) is 0 Å². The van der Waals surface area contributed by atoms with Gasteiger partial charge in [-0.25, -0.2) is 8.78 Å². The first-order valence-electron chi connectivity index (χ1n) is 9.06. The van der Waals surface area contributed by atoms with E-state index in [4.69, 9.17) is 0 Å². The molecule has 0 spiro atoms. The van der Waals surface area contributed by atoms with Gasteiger partial charge in [0.2, 0.25) is 0 Å². The number of nitrogens with one attached hydrogen (secondary N) is 1. The van der Waals surface area contributed by atoms with E-state index in [2.05, 4.69) is 5.32 Å². The number of likely N-dealkylation sites (tertiary alicyclic amines) is 1. The lowest BCUT2D eigenvalue weighted by molar-refractivity contribution is -0.157. The molecular weight excluding hydrogens is 326 g/mol. The molecule has 1 amide bonds. The van der Waals surface area contributed by atoms with Gasteiger partial charge in [0.25, 0.3) is 5.91 Å². The van der Waals surface area contributed by atoms with Crippen molar-refractivity contribution in [2.24, 2.45) is 5.92 Å². The second-order valence-corrected chi connectivity index (χ2v) is 7.46. The Morgan fingerprint density at radius 3 is 2.72 bits per heavy atom. The lowest BCUT2D eigenvalue weighted by atomic mass is 9.83. The van der Waals surface area contributed by atoms with E-state index in [1.54, 1.807) is 4.90 Å². The quantitative estimate of drug-likeness (QED) is 0.827. The molecule has 3 rings (SSSR count). The predicted molar refractivity (Wildman–Crippen MR) is 90.9 cm³/mol. The van der Waals surface area contributed by atoms with Crippen LogP contribution in [0.3, 0.4) is 0 Å². The van der Waals surface area contributed by atoms with Gasteiger partial charge in [-0.15, -0.1) is 0 Å². The van der Waals surface area contributed by atoms with Crippen LogP contribution in [0.4, 0.5) is 8.78 Å². The molecule has 138 valence electrons. The minimum atomic E-state index is -1.46. The smallest absolute Gasteiger partial charge is 0.255 e. The van der Waals surface area contributed by atoms with Crippen molar-refractivity contribution in [3.05, 3.63) is 34.9 Å². The third-order valence-corrected chi connectivity index (χ3v) is 5.50. The van der Waals surface area contributed by atoms with Crippen LogP contribution in [0.2, 0.25) is 0 Å². The number of nitrogens with zero attached hydrogens (tertiary/aromatic N) is 1. The van der Waals surface area contributed by atoms with Gasteiger partial charge in [-0.1, -0.05) is 18.6 Å². The van der Waals surface area contributed by atoms with E-state index >= 15 is 0 Å². The topological polar surface area (TPSA) is 52.6 Å². The summed E-state index contributed by atoms with van der Waals surface area (Å²) in [7, 11) is 0. The Morgan fingerprint density at radius 1 is 1.28 bits per heavy atom. The molecule has 6 heteroatoms. The first-order valence-corrected chi connectivity index (χ1v) is 9.06. The molecule has 0 radical (unpaired) electrons. The van der Waals surface area contributed by atoms with E-state index in [9.17, 15) is 18.7 Å². The molecule has 1 saturated carbocycles. The number of carbonyl (C=O) groups is 1. The summed E-state index contributed by atoms with van der Waals surface area (Å²) in [6.07, 6.45) is 4.67. The number of piperidine rings is 1. The van der Waals surface area contributed by atoms with E-state index in [0.29, 0.717) is 18.9 Å². The normalized spacial score (nSPS) is 24.5. The maximum atomic E-state index is 13.9. The van der Waals surface area contributed by atoms with E-state index in [0.717, 1.165) is 25.8 Å². The van der Waals surface area contributed by atoms with Gasteiger partial charge in [0, 0.05) is 31.7 Å². The number of hydrogen-bond donors (Lipinski definition) is 2. The Balaban J connectivity index is 1.57. The van der Waals surface area contributed by atoms with Gasteiger partial charge in [0.1, 0.15) is 0 Å². The zero-order valence-electron chi connectivity index (χ0n) is 14.7. The number of amides is 1. The van der Waals surface area contributed by atoms with Crippen molar-refractivity contribution in [1.82, 2.24) is 10.2 Å². The van der Waals surface area contributed by atoms with Crippen LogP contribution in [0.15, 0.2) is 12.1 Å². The van der Waals surface area contributed by atoms with Gasteiger partial charge in [0.15, 0.2) is 17.2 Å². The zero-order chi connectivity index (χ0) is 18.0. The summed E-state index contributed by atoms with van der Waals surface area (Å²) < 4.78 is 27.5. The SMILES string of the molecule is Cc1ccc(CNC[C@]2(O)CCCN(CC3CCC3)C2=O)c(F)c1F. The summed E-state index contributed by atoms with van der Waals surface area (Å²) in [5.74, 6) is -1.41. The lowest BCUT2D eigenvalue weighted by Crippen LogP contribution is -2.58. The number of hydrogen-bond acceptors (Lipinski definition) is 3. The van der Waals surface area contributed by atoms with Gasteiger partial charge in [-0.3, -0.25) is 4.79 Å². The van der Waals surface area contributed by atoms with Crippen molar-refractivity contribution in [2.45, 2.75) is 51.2 Å². The average Bonchev–Trinajstić information content (AvgIpc) is 2.55. The van der Waals surface area contributed by atoms with Crippen molar-refractivity contribution >= 4 is 5.91 Å². The third-order valence-electron chi connectivity index (χ3n) is 5.50. The fourth-order valence-electron chi connectivity index (χ4n) is 3.62. The molecule has 0 aromatic heterocycles. The molecule has 0 bridgehead atoms. The highest BCUT2D eigenvalue weighted by atomic mass is 19.2. The Bertz CT molecular complexity index is 649. The molecule has 1 aromatic rings. The second-order valence-electron chi connectivity index (χ2n) is 7.46. The Morgan fingerprint density at radius 2 is 2.04 bits per heavy atom. The van der Waals surface area contributed by atoms with Crippen LogP contribution in [0.1, 0.15) is 43.2 Å². The Hall–Kier alpha value is -1.53. The van der Waals surface area contributed by atoms with Crippen molar-refractivity contribution < 1.29 is 18.7 Å². The van der Waals surface area contributed by atoms with Gasteiger partial charge in [-0.05, 0) is 44.1 Å². The molecule has 0 unspecified atom stereocenters. The molecule has 1 aliphatic heterocycles. The minimum Gasteiger partial charge on any atom is -0.379 e. The van der Waals surface area contributed by atoms with Crippen LogP contribution in [0.25, 0.3) is 0 Å². The summed E-state index contributed by atoms with van der Waals surface area (Å²) >= 11 is 0. The number of rotatable bonds is 6. The molecular formula is C19H26F2N2O2. The van der Waals surface area contributed by atoms with Crippen LogP contribution in [0.5, 0.6) is 0 Å². The van der Waals surface area contributed by atoms with Gasteiger partial charge in [0.05, 0.1) is 0 Å². The standard InChI is InChI=1S/C19H26F2N2O2/c1-13-6-7-15(17(21)16(13)20)10-22-12-19(25)8-3-9-23(18(19)24)11-14-4-2-5-14/h6-7,14,22,25H,2-5,8-12H2,1H3/t19-/m1/s1. The fraction of sp³-hybridized carbons (Fsp3) is 0.632.